The first-order valence-corrected chi connectivity index (χ1v) is 7.41. The van der Waals surface area contributed by atoms with E-state index in [1.807, 2.05) is 25.7 Å². The molecule has 1 heterocycles. The molecule has 0 bridgehead atoms. The van der Waals surface area contributed by atoms with E-state index in [1.54, 1.807) is 0 Å². The summed E-state index contributed by atoms with van der Waals surface area (Å²) in [6.45, 7) is 7.43. The predicted molar refractivity (Wildman–Crippen MR) is 72.9 cm³/mol. The van der Waals surface area contributed by atoms with Gasteiger partial charge >= 0.3 is 6.09 Å². The number of alkyl halides is 1. The minimum atomic E-state index is -0.402. The Kier molecular flexibility index (Phi) is 3.82. The Labute approximate surface area is 115 Å². The highest BCUT2D eigenvalue weighted by Crippen LogP contribution is 2.48. The van der Waals surface area contributed by atoms with E-state index in [0.717, 1.165) is 25.4 Å². The van der Waals surface area contributed by atoms with Gasteiger partial charge in [-0.3, -0.25) is 0 Å². The van der Waals surface area contributed by atoms with Gasteiger partial charge in [-0.15, -0.1) is 11.6 Å². The fourth-order valence-electron chi connectivity index (χ4n) is 3.25. The Morgan fingerprint density at radius 3 is 2.72 bits per heavy atom. The molecule has 2 rings (SSSR count). The molecule has 2 atom stereocenters. The molecule has 0 aromatic rings. The number of carbonyl (C=O) groups is 1. The molecular formula is C14H24ClNO2. The third kappa shape index (κ3) is 3.11. The van der Waals surface area contributed by atoms with Crippen LogP contribution in [-0.4, -0.2) is 35.6 Å². The summed E-state index contributed by atoms with van der Waals surface area (Å²) >= 11 is 5.95. The van der Waals surface area contributed by atoms with E-state index in [0.29, 0.717) is 11.3 Å². The molecule has 0 N–H and O–H groups in total. The molecule has 0 unspecified atom stereocenters. The van der Waals surface area contributed by atoms with Crippen LogP contribution in [0.5, 0.6) is 0 Å². The van der Waals surface area contributed by atoms with Crippen molar-refractivity contribution >= 4 is 17.7 Å². The van der Waals surface area contributed by atoms with Crippen LogP contribution >= 0.6 is 11.6 Å². The van der Waals surface area contributed by atoms with Crippen LogP contribution in [0.2, 0.25) is 0 Å². The number of hydrogen-bond donors (Lipinski definition) is 0. The molecule has 2 aliphatic rings. The van der Waals surface area contributed by atoms with Gasteiger partial charge in [0.2, 0.25) is 0 Å². The summed E-state index contributed by atoms with van der Waals surface area (Å²) in [5, 5.41) is 0. The van der Waals surface area contributed by atoms with E-state index in [-0.39, 0.29) is 6.09 Å². The molecule has 1 spiro atoms. The molecule has 0 radical (unpaired) electrons. The van der Waals surface area contributed by atoms with Crippen molar-refractivity contribution in [3.63, 3.8) is 0 Å². The fourth-order valence-corrected chi connectivity index (χ4v) is 3.51. The largest absolute Gasteiger partial charge is 0.444 e. The highest BCUT2D eigenvalue weighted by atomic mass is 35.5. The second kappa shape index (κ2) is 4.92. The van der Waals surface area contributed by atoms with Crippen molar-refractivity contribution in [1.82, 2.24) is 4.90 Å². The van der Waals surface area contributed by atoms with E-state index in [1.165, 1.54) is 19.3 Å². The van der Waals surface area contributed by atoms with Crippen LogP contribution < -0.4 is 0 Å². The van der Waals surface area contributed by atoms with Gasteiger partial charge in [0.25, 0.3) is 0 Å². The summed E-state index contributed by atoms with van der Waals surface area (Å²) in [6, 6.07) is 0. The zero-order chi connectivity index (χ0) is 13.4. The van der Waals surface area contributed by atoms with Crippen LogP contribution in [0.25, 0.3) is 0 Å². The second-order valence-corrected chi connectivity index (χ2v) is 7.22. The van der Waals surface area contributed by atoms with Crippen molar-refractivity contribution in [1.29, 1.82) is 0 Å². The van der Waals surface area contributed by atoms with Gasteiger partial charge in [-0.1, -0.05) is 0 Å². The molecule has 1 aliphatic carbocycles. The lowest BCUT2D eigenvalue weighted by Gasteiger charge is -2.27. The van der Waals surface area contributed by atoms with Crippen molar-refractivity contribution < 1.29 is 9.53 Å². The molecular weight excluding hydrogens is 250 g/mol. The third-order valence-electron chi connectivity index (χ3n) is 4.11. The Hall–Kier alpha value is -0.440. The van der Waals surface area contributed by atoms with E-state index in [4.69, 9.17) is 16.3 Å². The van der Waals surface area contributed by atoms with Crippen molar-refractivity contribution in [3.05, 3.63) is 0 Å². The van der Waals surface area contributed by atoms with Crippen LogP contribution in [0.15, 0.2) is 0 Å². The van der Waals surface area contributed by atoms with Gasteiger partial charge in [-0.05, 0) is 57.8 Å². The van der Waals surface area contributed by atoms with Crippen molar-refractivity contribution in [2.75, 3.05) is 19.0 Å². The van der Waals surface area contributed by atoms with Crippen LogP contribution in [0.1, 0.15) is 46.5 Å². The second-order valence-electron chi connectivity index (χ2n) is 6.92. The van der Waals surface area contributed by atoms with E-state index in [2.05, 4.69) is 0 Å². The first kappa shape index (κ1) is 14.0. The first-order chi connectivity index (χ1) is 8.34. The van der Waals surface area contributed by atoms with Gasteiger partial charge in [0.05, 0.1) is 0 Å². The molecule has 4 heteroatoms. The normalized spacial score (nSPS) is 32.2. The lowest BCUT2D eigenvalue weighted by atomic mass is 9.85. The maximum absolute atomic E-state index is 12.0. The average molecular weight is 274 g/mol. The molecule has 1 amide bonds. The van der Waals surface area contributed by atoms with Crippen molar-refractivity contribution in [3.8, 4) is 0 Å². The van der Waals surface area contributed by atoms with E-state index in [9.17, 15) is 4.79 Å². The number of amides is 1. The lowest BCUT2D eigenvalue weighted by Crippen LogP contribution is -2.36. The minimum absolute atomic E-state index is 0.159. The Morgan fingerprint density at radius 2 is 2.17 bits per heavy atom. The number of ether oxygens (including phenoxy) is 1. The van der Waals surface area contributed by atoms with E-state index >= 15 is 0 Å². The zero-order valence-electron chi connectivity index (χ0n) is 11.7. The van der Waals surface area contributed by atoms with Gasteiger partial charge in [0, 0.05) is 19.0 Å². The minimum Gasteiger partial charge on any atom is -0.444 e. The molecule has 1 saturated heterocycles. The highest BCUT2D eigenvalue weighted by molar-refractivity contribution is 6.18. The Bertz CT molecular complexity index is 326. The fraction of sp³-hybridized carbons (Fsp3) is 0.929. The van der Waals surface area contributed by atoms with Crippen LogP contribution in [-0.2, 0) is 4.74 Å². The van der Waals surface area contributed by atoms with Crippen LogP contribution in [0.3, 0.4) is 0 Å². The summed E-state index contributed by atoms with van der Waals surface area (Å²) in [5.41, 5.74) is -0.0718. The molecule has 0 aromatic carbocycles. The highest BCUT2D eigenvalue weighted by Gasteiger charge is 2.45. The van der Waals surface area contributed by atoms with E-state index < -0.39 is 5.60 Å². The molecule has 104 valence electrons. The molecule has 1 saturated carbocycles. The smallest absolute Gasteiger partial charge is 0.410 e. The van der Waals surface area contributed by atoms with Gasteiger partial charge < -0.3 is 9.64 Å². The van der Waals surface area contributed by atoms with Gasteiger partial charge in [-0.25, -0.2) is 4.79 Å². The topological polar surface area (TPSA) is 29.5 Å². The predicted octanol–water partition coefficient (Wildman–Crippen LogP) is 3.65. The standard InChI is InChI=1S/C14H24ClNO2/c1-13(2,3)18-12(17)16-7-6-14(10-16)5-4-11(8-14)9-15/h11H,4-10H2,1-3H3/t11-,14-/m1/s1. The van der Waals surface area contributed by atoms with Crippen LogP contribution in [0, 0.1) is 11.3 Å². The van der Waals surface area contributed by atoms with Gasteiger partial charge in [-0.2, -0.15) is 0 Å². The Morgan fingerprint density at radius 1 is 1.44 bits per heavy atom. The van der Waals surface area contributed by atoms with Crippen molar-refractivity contribution in [2.45, 2.75) is 52.1 Å². The number of nitrogens with zero attached hydrogens (tertiary/aromatic N) is 1. The average Bonchev–Trinajstić information content (AvgIpc) is 2.84. The number of halogens is 1. The van der Waals surface area contributed by atoms with Crippen molar-refractivity contribution in [2.24, 2.45) is 11.3 Å². The first-order valence-electron chi connectivity index (χ1n) is 6.87. The van der Waals surface area contributed by atoms with Gasteiger partial charge in [0.15, 0.2) is 0 Å². The maximum Gasteiger partial charge on any atom is 0.410 e. The molecule has 0 aromatic heterocycles. The number of likely N-dealkylation sites (tertiary alicyclic amines) is 1. The van der Waals surface area contributed by atoms with Crippen LogP contribution in [0.4, 0.5) is 4.79 Å². The Balaban J connectivity index is 1.91. The number of carbonyl (C=O) groups excluding carboxylic acids is 1. The number of rotatable bonds is 1. The SMILES string of the molecule is CC(C)(C)OC(=O)N1CC[C@@]2(CC[C@@H](CCl)C2)C1. The number of hydrogen-bond acceptors (Lipinski definition) is 2. The lowest BCUT2D eigenvalue weighted by molar-refractivity contribution is 0.0273. The third-order valence-corrected chi connectivity index (χ3v) is 4.55. The summed E-state index contributed by atoms with van der Waals surface area (Å²) in [5.74, 6) is 1.40. The maximum atomic E-state index is 12.0. The summed E-state index contributed by atoms with van der Waals surface area (Å²) in [6.07, 6.45) is 4.55. The van der Waals surface area contributed by atoms with Gasteiger partial charge in [0.1, 0.15) is 5.60 Å². The molecule has 3 nitrogen and oxygen atoms in total. The molecule has 2 fully saturated rings. The zero-order valence-corrected chi connectivity index (χ0v) is 12.4. The molecule has 1 aliphatic heterocycles. The summed E-state index contributed by atoms with van der Waals surface area (Å²) in [7, 11) is 0. The summed E-state index contributed by atoms with van der Waals surface area (Å²) in [4.78, 5) is 13.9. The monoisotopic (exact) mass is 273 g/mol. The summed E-state index contributed by atoms with van der Waals surface area (Å²) < 4.78 is 5.44. The molecule has 18 heavy (non-hydrogen) atoms. The quantitative estimate of drug-likeness (QED) is 0.683.